The van der Waals surface area contributed by atoms with Crippen molar-refractivity contribution in [2.75, 3.05) is 6.26 Å². The Bertz CT molecular complexity index is 385. The third-order valence-electron chi connectivity index (χ3n) is 1.12. The first-order valence-electron chi connectivity index (χ1n) is 3.48. The van der Waals surface area contributed by atoms with Crippen molar-refractivity contribution in [3.63, 3.8) is 0 Å². The van der Waals surface area contributed by atoms with Crippen LogP contribution in [-0.4, -0.2) is 25.9 Å². The fourth-order valence-electron chi connectivity index (χ4n) is 0.649. The molecule has 0 saturated heterocycles. The summed E-state index contributed by atoms with van der Waals surface area (Å²) >= 11 is 0. The molecule has 0 bridgehead atoms. The maximum Gasteiger partial charge on any atom is 0.244 e. The predicted octanol–water partition coefficient (Wildman–Crippen LogP) is -0.0353. The topological polar surface area (TPSA) is 71.4 Å². The summed E-state index contributed by atoms with van der Waals surface area (Å²) in [5.74, 6) is 0. The highest BCUT2D eigenvalue weighted by atomic mass is 32.2. The number of pyridine rings is 1. The minimum atomic E-state index is -3.26. The first-order valence-corrected chi connectivity index (χ1v) is 5.37. The van der Waals surface area contributed by atoms with Gasteiger partial charge < -0.3 is 0 Å². The molecule has 1 aromatic heterocycles. The maximum absolute atomic E-state index is 10.6. The quantitative estimate of drug-likeness (QED) is 0.548. The van der Waals surface area contributed by atoms with E-state index >= 15 is 0 Å². The fourth-order valence-corrected chi connectivity index (χ4v) is 0.893. The Labute approximate surface area is 76.6 Å². The molecule has 0 fully saturated rings. The SMILES string of the molecule is CS(=O)(=O)N/N=C\c1cccnc1. The van der Waals surface area contributed by atoms with Crippen LogP contribution in [0, 0.1) is 0 Å². The summed E-state index contributed by atoms with van der Waals surface area (Å²) in [5, 5.41) is 3.51. The molecule has 0 amide bonds. The van der Waals surface area contributed by atoms with Gasteiger partial charge in [-0.2, -0.15) is 5.10 Å². The first-order chi connectivity index (χ1) is 6.08. The zero-order valence-electron chi connectivity index (χ0n) is 7.01. The van der Waals surface area contributed by atoms with Gasteiger partial charge in [0.2, 0.25) is 10.0 Å². The summed E-state index contributed by atoms with van der Waals surface area (Å²) < 4.78 is 21.2. The molecule has 0 aliphatic heterocycles. The molecule has 1 rings (SSSR count). The number of hydrogen-bond donors (Lipinski definition) is 1. The molecule has 1 N–H and O–H groups in total. The minimum Gasteiger partial charge on any atom is -0.264 e. The zero-order valence-corrected chi connectivity index (χ0v) is 7.82. The van der Waals surface area contributed by atoms with E-state index in [0.717, 1.165) is 11.8 Å². The van der Waals surface area contributed by atoms with E-state index in [0.29, 0.717) is 0 Å². The van der Waals surface area contributed by atoms with Gasteiger partial charge in [0.1, 0.15) is 0 Å². The molecule has 0 atom stereocenters. The summed E-state index contributed by atoms with van der Waals surface area (Å²) in [5.41, 5.74) is 0.735. The molecule has 6 heteroatoms. The second kappa shape index (κ2) is 3.99. The van der Waals surface area contributed by atoms with Gasteiger partial charge in [0, 0.05) is 18.0 Å². The Hall–Kier alpha value is -1.43. The van der Waals surface area contributed by atoms with Crippen molar-refractivity contribution in [1.82, 2.24) is 9.82 Å². The van der Waals surface area contributed by atoms with Crippen LogP contribution >= 0.6 is 0 Å². The van der Waals surface area contributed by atoms with Crippen molar-refractivity contribution in [1.29, 1.82) is 0 Å². The van der Waals surface area contributed by atoms with Gasteiger partial charge >= 0.3 is 0 Å². The Morgan fingerprint density at radius 2 is 2.38 bits per heavy atom. The van der Waals surface area contributed by atoms with Gasteiger partial charge in [0.15, 0.2) is 0 Å². The van der Waals surface area contributed by atoms with Gasteiger partial charge in [0.05, 0.1) is 12.5 Å². The maximum atomic E-state index is 10.6. The van der Waals surface area contributed by atoms with Crippen LogP contribution in [0.15, 0.2) is 29.6 Å². The van der Waals surface area contributed by atoms with Crippen LogP contribution in [0.4, 0.5) is 0 Å². The smallest absolute Gasteiger partial charge is 0.244 e. The molecule has 1 aromatic rings. The molecule has 13 heavy (non-hydrogen) atoms. The van der Waals surface area contributed by atoms with Crippen LogP contribution in [-0.2, 0) is 10.0 Å². The highest BCUT2D eigenvalue weighted by molar-refractivity contribution is 7.88. The average molecular weight is 199 g/mol. The van der Waals surface area contributed by atoms with Crippen LogP contribution in [0.2, 0.25) is 0 Å². The molecule has 0 spiro atoms. The van der Waals surface area contributed by atoms with Crippen molar-refractivity contribution in [2.24, 2.45) is 5.10 Å². The summed E-state index contributed by atoms with van der Waals surface area (Å²) in [6.45, 7) is 0. The van der Waals surface area contributed by atoms with Crippen molar-refractivity contribution in [3.05, 3.63) is 30.1 Å². The molecule has 70 valence electrons. The van der Waals surface area contributed by atoms with Gasteiger partial charge in [0.25, 0.3) is 0 Å². The molecule has 1 heterocycles. The molecule has 0 saturated carbocycles. The Balaban J connectivity index is 2.61. The van der Waals surface area contributed by atoms with E-state index in [-0.39, 0.29) is 0 Å². The van der Waals surface area contributed by atoms with E-state index in [1.54, 1.807) is 24.5 Å². The summed E-state index contributed by atoms with van der Waals surface area (Å²) in [6.07, 6.45) is 5.62. The van der Waals surface area contributed by atoms with Crippen LogP contribution in [0.25, 0.3) is 0 Å². The standard InChI is InChI=1S/C7H9N3O2S/c1-13(11,12)10-9-6-7-3-2-4-8-5-7/h2-6,10H,1H3/b9-6-. The van der Waals surface area contributed by atoms with E-state index < -0.39 is 10.0 Å². The third-order valence-corrected chi connectivity index (χ3v) is 1.55. The van der Waals surface area contributed by atoms with Crippen molar-refractivity contribution in [3.8, 4) is 0 Å². The summed E-state index contributed by atoms with van der Waals surface area (Å²) in [7, 11) is -3.26. The van der Waals surface area contributed by atoms with E-state index in [1.807, 2.05) is 4.83 Å². The number of hydrogen-bond acceptors (Lipinski definition) is 4. The second-order valence-electron chi connectivity index (χ2n) is 2.41. The monoisotopic (exact) mass is 199 g/mol. The number of nitrogens with one attached hydrogen (secondary N) is 1. The van der Waals surface area contributed by atoms with Crippen molar-refractivity contribution < 1.29 is 8.42 Å². The lowest BCUT2D eigenvalue weighted by atomic mass is 10.3. The third kappa shape index (κ3) is 4.22. The van der Waals surface area contributed by atoms with Gasteiger partial charge in [-0.1, -0.05) is 6.07 Å². The zero-order chi connectivity index (χ0) is 9.73. The average Bonchev–Trinajstić information content (AvgIpc) is 2.04. The lowest BCUT2D eigenvalue weighted by Gasteiger charge is -1.93. The van der Waals surface area contributed by atoms with E-state index in [2.05, 4.69) is 10.1 Å². The van der Waals surface area contributed by atoms with Crippen LogP contribution in [0.5, 0.6) is 0 Å². The minimum absolute atomic E-state index is 0.735. The summed E-state index contributed by atoms with van der Waals surface area (Å²) in [6, 6.07) is 3.50. The van der Waals surface area contributed by atoms with Crippen LogP contribution in [0.3, 0.4) is 0 Å². The van der Waals surface area contributed by atoms with E-state index in [1.165, 1.54) is 6.21 Å². The molecule has 0 aliphatic rings. The molecule has 0 aliphatic carbocycles. The van der Waals surface area contributed by atoms with Crippen LogP contribution < -0.4 is 4.83 Å². The molecular weight excluding hydrogens is 190 g/mol. The number of hydrazone groups is 1. The number of aromatic nitrogens is 1. The largest absolute Gasteiger partial charge is 0.264 e. The Morgan fingerprint density at radius 1 is 1.62 bits per heavy atom. The molecule has 5 nitrogen and oxygen atoms in total. The van der Waals surface area contributed by atoms with Gasteiger partial charge in [-0.25, -0.2) is 13.2 Å². The van der Waals surface area contributed by atoms with E-state index in [9.17, 15) is 8.42 Å². The highest BCUT2D eigenvalue weighted by Gasteiger charge is 1.93. The molecular formula is C7H9N3O2S. The van der Waals surface area contributed by atoms with Crippen molar-refractivity contribution >= 4 is 16.2 Å². The van der Waals surface area contributed by atoms with Crippen molar-refractivity contribution in [2.45, 2.75) is 0 Å². The van der Waals surface area contributed by atoms with Gasteiger partial charge in [-0.15, -0.1) is 0 Å². The lowest BCUT2D eigenvalue weighted by Crippen LogP contribution is -2.15. The lowest BCUT2D eigenvalue weighted by molar-refractivity contribution is 0.591. The number of sulfonamides is 1. The summed E-state index contributed by atoms with van der Waals surface area (Å²) in [4.78, 5) is 5.82. The highest BCUT2D eigenvalue weighted by Crippen LogP contribution is 1.89. The Kier molecular flexibility index (Phi) is 2.97. The van der Waals surface area contributed by atoms with Gasteiger partial charge in [-0.05, 0) is 6.07 Å². The predicted molar refractivity (Wildman–Crippen MR) is 49.8 cm³/mol. The Morgan fingerprint density at radius 3 is 2.92 bits per heavy atom. The van der Waals surface area contributed by atoms with Gasteiger partial charge in [-0.3, -0.25) is 4.98 Å². The molecule has 0 aromatic carbocycles. The molecule has 0 radical (unpaired) electrons. The second-order valence-corrected chi connectivity index (χ2v) is 4.13. The van der Waals surface area contributed by atoms with Crippen LogP contribution in [0.1, 0.15) is 5.56 Å². The number of rotatable bonds is 3. The number of nitrogens with zero attached hydrogens (tertiary/aromatic N) is 2. The fraction of sp³-hybridized carbons (Fsp3) is 0.143. The normalized spacial score (nSPS) is 11.8. The van der Waals surface area contributed by atoms with E-state index in [4.69, 9.17) is 0 Å². The molecule has 0 unspecified atom stereocenters. The first kappa shape index (κ1) is 9.66.